The van der Waals surface area contributed by atoms with Gasteiger partial charge in [-0.05, 0) is 43.9 Å². The number of nitrogens with zero attached hydrogens (tertiary/aromatic N) is 1. The van der Waals surface area contributed by atoms with E-state index < -0.39 is 25.5 Å². The van der Waals surface area contributed by atoms with Crippen molar-refractivity contribution in [3.8, 4) is 0 Å². The Morgan fingerprint density at radius 3 is 1.78 bits per heavy atom. The van der Waals surface area contributed by atoms with Gasteiger partial charge in [0.15, 0.2) is 0 Å². The van der Waals surface area contributed by atoms with Crippen molar-refractivity contribution < 1.29 is 25.9 Å². The molecule has 0 fully saturated rings. The van der Waals surface area contributed by atoms with Crippen LogP contribution in [0.3, 0.4) is 0 Å². The molecule has 0 bridgehead atoms. The summed E-state index contributed by atoms with van der Waals surface area (Å²) in [4.78, 5) is 7.49. The van der Waals surface area contributed by atoms with Crippen LogP contribution in [-0.4, -0.2) is 41.2 Å². The van der Waals surface area contributed by atoms with E-state index in [9.17, 15) is 25.9 Å². The van der Waals surface area contributed by atoms with E-state index >= 15 is 0 Å². The number of nitrogens with one attached hydrogen (secondary N) is 1. The maximum atomic E-state index is 11.9. The van der Waals surface area contributed by atoms with E-state index in [0.29, 0.717) is 11.0 Å². The van der Waals surface area contributed by atoms with Crippen LogP contribution >= 0.6 is 0 Å². The van der Waals surface area contributed by atoms with Crippen LogP contribution in [0.5, 0.6) is 0 Å². The zero-order chi connectivity index (χ0) is 27.3. The molecule has 0 spiro atoms. The number of aryl methyl sites for hydroxylation is 2. The van der Waals surface area contributed by atoms with Crippen LogP contribution in [0.25, 0.3) is 11.0 Å². The third-order valence-electron chi connectivity index (χ3n) is 7.13. The highest BCUT2D eigenvalue weighted by Gasteiger charge is 2.23. The maximum absolute atomic E-state index is 11.9. The number of H-pyrrole nitrogens is 1. The number of aromatic amines is 1. The molecule has 0 aliphatic heterocycles. The molecule has 0 radical (unpaired) electrons. The molecule has 0 saturated heterocycles. The van der Waals surface area contributed by atoms with Gasteiger partial charge in [-0.1, -0.05) is 90.4 Å². The van der Waals surface area contributed by atoms with Crippen molar-refractivity contribution in [2.45, 2.75) is 133 Å². The van der Waals surface area contributed by atoms with Crippen molar-refractivity contribution >= 4 is 31.3 Å². The Balaban J connectivity index is 1.79. The molecule has 1 heterocycles. The number of hydrogen-bond acceptors (Lipinski definition) is 5. The molecular formula is C27H46N2O6S2. The second-order valence-corrected chi connectivity index (χ2v) is 13.5. The normalized spacial score (nSPS) is 13.4. The molecule has 0 aliphatic carbocycles. The van der Waals surface area contributed by atoms with E-state index in [4.69, 9.17) is 0 Å². The summed E-state index contributed by atoms with van der Waals surface area (Å²) >= 11 is 0. The topological polar surface area (TPSA) is 137 Å². The van der Waals surface area contributed by atoms with Gasteiger partial charge in [-0.25, -0.2) is 4.98 Å². The van der Waals surface area contributed by atoms with Gasteiger partial charge in [0.2, 0.25) is 0 Å². The summed E-state index contributed by atoms with van der Waals surface area (Å²) in [6.45, 7) is 3.61. The largest absolute Gasteiger partial charge is 0.342 e. The van der Waals surface area contributed by atoms with Gasteiger partial charge in [0.25, 0.3) is 20.2 Å². The first-order chi connectivity index (χ1) is 17.5. The smallest absolute Gasteiger partial charge is 0.294 e. The Labute approximate surface area is 223 Å². The van der Waals surface area contributed by atoms with Crippen LogP contribution in [0.2, 0.25) is 0 Å². The lowest BCUT2D eigenvalue weighted by Crippen LogP contribution is -2.18. The second kappa shape index (κ2) is 15.8. The Bertz CT molecular complexity index is 1160. The van der Waals surface area contributed by atoms with Gasteiger partial charge in [-0.2, -0.15) is 16.8 Å². The van der Waals surface area contributed by atoms with Crippen molar-refractivity contribution in [2.24, 2.45) is 0 Å². The third-order valence-corrected chi connectivity index (χ3v) is 9.32. The average Bonchev–Trinajstić information content (AvgIpc) is 3.24. The molecule has 1 aromatic carbocycles. The molecule has 212 valence electrons. The van der Waals surface area contributed by atoms with Crippen molar-refractivity contribution in [1.82, 2.24) is 9.97 Å². The quantitative estimate of drug-likeness (QED) is 0.117. The van der Waals surface area contributed by atoms with E-state index in [-0.39, 0.29) is 23.3 Å². The maximum Gasteiger partial charge on any atom is 0.294 e. The first kappa shape index (κ1) is 31.7. The van der Waals surface area contributed by atoms with Gasteiger partial charge >= 0.3 is 0 Å². The van der Waals surface area contributed by atoms with Gasteiger partial charge in [0.05, 0.1) is 21.2 Å². The summed E-state index contributed by atoms with van der Waals surface area (Å²) in [6, 6.07) is 2.83. The van der Waals surface area contributed by atoms with E-state index in [0.717, 1.165) is 25.1 Å². The fourth-order valence-electron chi connectivity index (χ4n) is 4.76. The molecule has 1 unspecified atom stereocenters. The second-order valence-electron chi connectivity index (χ2n) is 10.3. The van der Waals surface area contributed by atoms with Crippen molar-refractivity contribution in [1.29, 1.82) is 0 Å². The number of rotatable bonds is 20. The summed E-state index contributed by atoms with van der Waals surface area (Å²) in [5.41, 5.74) is 1.34. The zero-order valence-corrected chi connectivity index (χ0v) is 24.2. The summed E-state index contributed by atoms with van der Waals surface area (Å²) in [5.74, 6) is 0.741. The number of imidazole rings is 1. The Hall–Kier alpha value is -1.49. The first-order valence-electron chi connectivity index (χ1n) is 14.0. The molecule has 37 heavy (non-hydrogen) atoms. The minimum atomic E-state index is -4.50. The summed E-state index contributed by atoms with van der Waals surface area (Å²) in [5, 5.41) is -1.06. The van der Waals surface area contributed by atoms with Crippen LogP contribution in [-0.2, 0) is 33.1 Å². The van der Waals surface area contributed by atoms with E-state index in [2.05, 4.69) is 16.9 Å². The average molecular weight is 559 g/mol. The monoisotopic (exact) mass is 558 g/mol. The van der Waals surface area contributed by atoms with E-state index in [1.54, 1.807) is 6.07 Å². The van der Waals surface area contributed by atoms with Crippen LogP contribution < -0.4 is 0 Å². The number of fused-ring (bicyclic) bond motifs is 1. The SMILES string of the molecule is CCCCCCCCCCCCCCCCc1nc2ccc(S(=O)(=O)O)c(CCC(C)S(=O)(=O)O)c2[nH]1. The van der Waals surface area contributed by atoms with Gasteiger partial charge in [0, 0.05) is 6.42 Å². The highest BCUT2D eigenvalue weighted by atomic mass is 32.2. The minimum Gasteiger partial charge on any atom is -0.342 e. The van der Waals surface area contributed by atoms with Crippen molar-refractivity contribution in [3.63, 3.8) is 0 Å². The van der Waals surface area contributed by atoms with Crippen LogP contribution in [0.4, 0.5) is 0 Å². The molecule has 3 N–H and O–H groups in total. The van der Waals surface area contributed by atoms with E-state index in [1.807, 2.05) is 0 Å². The Morgan fingerprint density at radius 2 is 1.30 bits per heavy atom. The number of benzene rings is 1. The van der Waals surface area contributed by atoms with Gasteiger partial charge < -0.3 is 4.98 Å². The fourth-order valence-corrected chi connectivity index (χ4v) is 5.93. The summed E-state index contributed by atoms with van der Waals surface area (Å²) in [6.07, 6.45) is 18.8. The highest BCUT2D eigenvalue weighted by molar-refractivity contribution is 7.86. The van der Waals surface area contributed by atoms with Crippen LogP contribution in [0.1, 0.15) is 122 Å². The predicted molar refractivity (Wildman–Crippen MR) is 149 cm³/mol. The molecular weight excluding hydrogens is 512 g/mol. The van der Waals surface area contributed by atoms with Gasteiger partial charge in [0.1, 0.15) is 5.82 Å². The van der Waals surface area contributed by atoms with Crippen LogP contribution in [0.15, 0.2) is 17.0 Å². The molecule has 2 aromatic rings. The standard InChI is InChI=1S/C27H46N2O6S2/c1-3-4-5-6-7-8-9-10-11-12-13-14-15-16-17-26-28-24-20-21-25(37(33,34)35)23(27(24)29-26)19-18-22(2)36(30,31)32/h20-22H,3-19H2,1-2H3,(H,28,29)(H,30,31,32)(H,33,34,35). The lowest BCUT2D eigenvalue weighted by Gasteiger charge is -2.11. The fraction of sp³-hybridized carbons (Fsp3) is 0.741. The lowest BCUT2D eigenvalue weighted by molar-refractivity contribution is 0.466. The number of aromatic nitrogens is 2. The van der Waals surface area contributed by atoms with Crippen molar-refractivity contribution in [3.05, 3.63) is 23.5 Å². The molecule has 8 nitrogen and oxygen atoms in total. The molecule has 1 aromatic heterocycles. The Morgan fingerprint density at radius 1 is 0.784 bits per heavy atom. The number of unbranched alkanes of at least 4 members (excludes halogenated alkanes) is 13. The lowest BCUT2D eigenvalue weighted by atomic mass is 10.0. The molecule has 0 saturated carbocycles. The minimum absolute atomic E-state index is 0.00772. The molecule has 10 heteroatoms. The summed E-state index contributed by atoms with van der Waals surface area (Å²) in [7, 11) is -8.74. The highest BCUT2D eigenvalue weighted by Crippen LogP contribution is 2.27. The molecule has 2 rings (SSSR count). The van der Waals surface area contributed by atoms with Crippen LogP contribution in [0, 0.1) is 0 Å². The van der Waals surface area contributed by atoms with Crippen molar-refractivity contribution in [2.75, 3.05) is 0 Å². The molecule has 1 atom stereocenters. The van der Waals surface area contributed by atoms with Gasteiger partial charge in [-0.15, -0.1) is 0 Å². The molecule has 0 amide bonds. The third kappa shape index (κ3) is 11.4. The predicted octanol–water partition coefficient (Wildman–Crippen LogP) is 7.04. The first-order valence-corrected chi connectivity index (χ1v) is 16.9. The number of hydrogen-bond donors (Lipinski definition) is 3. The van der Waals surface area contributed by atoms with Gasteiger partial charge in [-0.3, -0.25) is 9.11 Å². The zero-order valence-electron chi connectivity index (χ0n) is 22.5. The Kier molecular flexibility index (Phi) is 13.6. The molecule has 0 aliphatic rings. The summed E-state index contributed by atoms with van der Waals surface area (Å²) < 4.78 is 65.5. The van der Waals surface area contributed by atoms with E-state index in [1.165, 1.54) is 90.0 Å².